The fraction of sp³-hybridized carbons (Fsp3) is 0.200. The van der Waals surface area contributed by atoms with Crippen molar-refractivity contribution in [2.45, 2.75) is 12.8 Å². The third-order valence-corrected chi connectivity index (χ3v) is 1.31. The fourth-order valence-corrected chi connectivity index (χ4v) is 0.786. The van der Waals surface area contributed by atoms with Crippen LogP contribution in [0.1, 0.15) is 12.8 Å². The Morgan fingerprint density at radius 3 is 1.10 bits per heavy atom. The van der Waals surface area contributed by atoms with E-state index in [4.69, 9.17) is 0 Å². The van der Waals surface area contributed by atoms with Gasteiger partial charge in [0.25, 0.3) is 0 Å². The lowest BCUT2D eigenvalue weighted by atomic mass is 10.2. The third-order valence-electron chi connectivity index (χ3n) is 1.31. The van der Waals surface area contributed by atoms with Gasteiger partial charge >= 0.3 is 0 Å². The third kappa shape index (κ3) is 3.08. The Hall–Kier alpha value is -1.04. The van der Waals surface area contributed by atoms with Gasteiger partial charge in [0.1, 0.15) is 0 Å². The Morgan fingerprint density at radius 1 is 0.500 bits per heavy atom. The standard InChI is InChI=1S/C10H12/c1-2-4-6-8-10-9-7-5-3-1/h1-4,7-10H,5-6H2. The van der Waals surface area contributed by atoms with E-state index >= 15 is 0 Å². The molecule has 0 amide bonds. The molecule has 0 radical (unpaired) electrons. The van der Waals surface area contributed by atoms with Gasteiger partial charge in [-0.3, -0.25) is 0 Å². The molecule has 0 atom stereocenters. The molecule has 1 aliphatic carbocycles. The van der Waals surface area contributed by atoms with Gasteiger partial charge in [-0.1, -0.05) is 48.6 Å². The largest absolute Gasteiger partial charge is 0.0808 e. The average Bonchev–Trinajstić information content (AvgIpc) is 2.01. The second kappa shape index (κ2) is 4.80. The first kappa shape index (κ1) is 7.07. The average molecular weight is 132 g/mol. The van der Waals surface area contributed by atoms with Crippen molar-refractivity contribution in [2.75, 3.05) is 0 Å². The topological polar surface area (TPSA) is 0 Å². The molecule has 10 heavy (non-hydrogen) atoms. The minimum Gasteiger partial charge on any atom is -0.0808 e. The Balaban J connectivity index is 2.50. The minimum atomic E-state index is 1.04. The summed E-state index contributed by atoms with van der Waals surface area (Å²) >= 11 is 0. The highest BCUT2D eigenvalue weighted by atomic mass is 13.8. The van der Waals surface area contributed by atoms with Crippen molar-refractivity contribution in [3.63, 3.8) is 0 Å². The molecule has 0 aliphatic heterocycles. The van der Waals surface area contributed by atoms with Crippen LogP contribution >= 0.6 is 0 Å². The van der Waals surface area contributed by atoms with Crippen LogP contribution < -0.4 is 0 Å². The van der Waals surface area contributed by atoms with E-state index in [1.165, 1.54) is 0 Å². The Labute approximate surface area is 62.3 Å². The summed E-state index contributed by atoms with van der Waals surface area (Å²) < 4.78 is 0. The van der Waals surface area contributed by atoms with Gasteiger partial charge < -0.3 is 0 Å². The van der Waals surface area contributed by atoms with Gasteiger partial charge in [0.2, 0.25) is 0 Å². The second-order valence-corrected chi connectivity index (χ2v) is 2.18. The van der Waals surface area contributed by atoms with Crippen molar-refractivity contribution in [3.05, 3.63) is 48.6 Å². The number of hydrogen-bond donors (Lipinski definition) is 0. The van der Waals surface area contributed by atoms with E-state index < -0.39 is 0 Å². The van der Waals surface area contributed by atoms with Crippen LogP contribution in [-0.2, 0) is 0 Å². The van der Waals surface area contributed by atoms with E-state index in [1.54, 1.807) is 0 Å². The van der Waals surface area contributed by atoms with Crippen molar-refractivity contribution < 1.29 is 0 Å². The van der Waals surface area contributed by atoms with Gasteiger partial charge in [-0.05, 0) is 12.8 Å². The Morgan fingerprint density at radius 2 is 0.800 bits per heavy atom. The van der Waals surface area contributed by atoms with Crippen LogP contribution in [-0.4, -0.2) is 0 Å². The summed E-state index contributed by atoms with van der Waals surface area (Å²) in [7, 11) is 0. The maximum Gasteiger partial charge on any atom is -0.0163 e. The first-order valence-corrected chi connectivity index (χ1v) is 3.63. The molecule has 52 valence electrons. The van der Waals surface area contributed by atoms with Crippen LogP contribution in [0.5, 0.6) is 0 Å². The molecule has 0 unspecified atom stereocenters. The molecule has 0 aromatic rings. The van der Waals surface area contributed by atoms with Crippen LogP contribution in [0.2, 0.25) is 0 Å². The first-order chi connectivity index (χ1) is 5.00. The van der Waals surface area contributed by atoms with Gasteiger partial charge in [0.05, 0.1) is 0 Å². The molecular weight excluding hydrogens is 120 g/mol. The molecule has 0 aromatic heterocycles. The van der Waals surface area contributed by atoms with E-state index in [0.717, 1.165) is 12.8 Å². The first-order valence-electron chi connectivity index (χ1n) is 3.63. The summed E-state index contributed by atoms with van der Waals surface area (Å²) in [5.74, 6) is 0. The summed E-state index contributed by atoms with van der Waals surface area (Å²) in [6.07, 6.45) is 19.0. The SMILES string of the molecule is C1=CCC=CC=CCC=C1. The van der Waals surface area contributed by atoms with E-state index in [1.807, 2.05) is 0 Å². The second-order valence-electron chi connectivity index (χ2n) is 2.18. The van der Waals surface area contributed by atoms with Crippen LogP contribution in [0.25, 0.3) is 0 Å². The van der Waals surface area contributed by atoms with Crippen molar-refractivity contribution in [1.29, 1.82) is 0 Å². The van der Waals surface area contributed by atoms with Crippen molar-refractivity contribution in [1.82, 2.24) is 0 Å². The summed E-state index contributed by atoms with van der Waals surface area (Å²) in [5, 5.41) is 0. The lowest BCUT2D eigenvalue weighted by molar-refractivity contribution is 1.35. The summed E-state index contributed by atoms with van der Waals surface area (Å²) in [4.78, 5) is 0. The van der Waals surface area contributed by atoms with E-state index in [2.05, 4.69) is 48.6 Å². The van der Waals surface area contributed by atoms with E-state index in [-0.39, 0.29) is 0 Å². The van der Waals surface area contributed by atoms with Gasteiger partial charge in [0, 0.05) is 0 Å². The van der Waals surface area contributed by atoms with Crippen LogP contribution in [0, 0.1) is 0 Å². The molecule has 0 aromatic carbocycles. The molecule has 0 saturated heterocycles. The van der Waals surface area contributed by atoms with Gasteiger partial charge in [-0.2, -0.15) is 0 Å². The molecule has 0 fully saturated rings. The predicted octanol–water partition coefficient (Wildman–Crippen LogP) is 3.01. The Kier molecular flexibility index (Phi) is 3.40. The zero-order chi connectivity index (χ0) is 7.07. The lowest BCUT2D eigenvalue weighted by Gasteiger charge is -1.83. The molecule has 0 nitrogen and oxygen atoms in total. The number of rotatable bonds is 0. The minimum absolute atomic E-state index is 1.04. The zero-order valence-electron chi connectivity index (χ0n) is 6.03. The fourth-order valence-electron chi connectivity index (χ4n) is 0.786. The molecule has 1 rings (SSSR count). The maximum atomic E-state index is 2.14. The molecule has 0 N–H and O–H groups in total. The van der Waals surface area contributed by atoms with Crippen LogP contribution in [0.15, 0.2) is 48.6 Å². The maximum absolute atomic E-state index is 2.14. The molecule has 0 spiro atoms. The lowest BCUT2D eigenvalue weighted by Crippen LogP contribution is -1.62. The quantitative estimate of drug-likeness (QED) is 0.475. The van der Waals surface area contributed by atoms with Crippen molar-refractivity contribution in [3.8, 4) is 0 Å². The molecule has 0 saturated carbocycles. The predicted molar refractivity (Wildman–Crippen MR) is 45.8 cm³/mol. The van der Waals surface area contributed by atoms with Gasteiger partial charge in [-0.25, -0.2) is 0 Å². The summed E-state index contributed by atoms with van der Waals surface area (Å²) in [6.45, 7) is 0. The highest BCUT2D eigenvalue weighted by Crippen LogP contribution is 1.93. The molecule has 0 heteroatoms. The summed E-state index contributed by atoms with van der Waals surface area (Å²) in [6, 6.07) is 0. The highest BCUT2D eigenvalue weighted by Gasteiger charge is 1.72. The highest BCUT2D eigenvalue weighted by molar-refractivity contribution is 5.12. The molecule has 1 aliphatic rings. The number of hydrogen-bond acceptors (Lipinski definition) is 0. The molecule has 0 heterocycles. The number of allylic oxidation sites excluding steroid dienone is 8. The van der Waals surface area contributed by atoms with Crippen molar-refractivity contribution >= 4 is 0 Å². The van der Waals surface area contributed by atoms with E-state index in [0.29, 0.717) is 0 Å². The van der Waals surface area contributed by atoms with Crippen LogP contribution in [0.4, 0.5) is 0 Å². The normalized spacial score (nSPS) is 17.6. The van der Waals surface area contributed by atoms with Crippen LogP contribution in [0.3, 0.4) is 0 Å². The molecule has 0 bridgehead atoms. The zero-order valence-corrected chi connectivity index (χ0v) is 6.03. The smallest absolute Gasteiger partial charge is 0.0163 e. The van der Waals surface area contributed by atoms with Gasteiger partial charge in [-0.15, -0.1) is 0 Å². The molecular formula is C10H12. The summed E-state index contributed by atoms with van der Waals surface area (Å²) in [5.41, 5.74) is 0. The Bertz CT molecular complexity index is 138. The van der Waals surface area contributed by atoms with Gasteiger partial charge in [0.15, 0.2) is 0 Å². The van der Waals surface area contributed by atoms with E-state index in [9.17, 15) is 0 Å². The van der Waals surface area contributed by atoms with Crippen molar-refractivity contribution in [2.24, 2.45) is 0 Å². The monoisotopic (exact) mass is 132 g/mol.